The van der Waals surface area contributed by atoms with Gasteiger partial charge in [-0.25, -0.2) is 0 Å². The van der Waals surface area contributed by atoms with Gasteiger partial charge >= 0.3 is 0 Å². The molecule has 1 atom stereocenters. The van der Waals surface area contributed by atoms with E-state index in [4.69, 9.17) is 74.9 Å². The molecule has 1 aliphatic rings. The van der Waals surface area contributed by atoms with Crippen LogP contribution in [0.2, 0.25) is 0 Å². The van der Waals surface area contributed by atoms with Gasteiger partial charge in [-0.2, -0.15) is 5.26 Å². The maximum absolute atomic E-state index is 9.02. The van der Waals surface area contributed by atoms with Crippen LogP contribution < -0.4 is 0 Å². The van der Waals surface area contributed by atoms with Gasteiger partial charge in [0.25, 0.3) is 0 Å². The molecule has 28 heavy (non-hydrogen) atoms. The standard InChI is InChI=1S/C20H18Cl6N2/c1-3-14-10-17(19(21,22)23)28-16(15-7-5-13(11-27)6-8-15)9-4-12(2)18(14)20(24,25)26/h5-8,10,14H,3-4,9H2,1-2H3/b17-10-,18-12?,28-16?. The molecule has 150 valence electrons. The lowest BCUT2D eigenvalue weighted by Crippen LogP contribution is -2.19. The van der Waals surface area contributed by atoms with Crippen molar-refractivity contribution in [3.8, 4) is 6.07 Å². The summed E-state index contributed by atoms with van der Waals surface area (Å²) in [5.41, 5.74) is 4.08. The summed E-state index contributed by atoms with van der Waals surface area (Å²) in [5.74, 6) is -0.234. The second-order valence-corrected chi connectivity index (χ2v) is 11.1. The number of nitrogens with zero attached hydrogens (tertiary/aromatic N) is 2. The van der Waals surface area contributed by atoms with Crippen molar-refractivity contribution in [1.29, 1.82) is 5.26 Å². The maximum atomic E-state index is 9.02. The van der Waals surface area contributed by atoms with Crippen LogP contribution in [0, 0.1) is 17.2 Å². The number of allylic oxidation sites excluding steroid dienone is 4. The first-order chi connectivity index (χ1) is 13.0. The summed E-state index contributed by atoms with van der Waals surface area (Å²) in [6.07, 6.45) is 3.63. The second-order valence-electron chi connectivity index (χ2n) is 6.50. The van der Waals surface area contributed by atoms with Crippen LogP contribution in [0.25, 0.3) is 0 Å². The van der Waals surface area contributed by atoms with Gasteiger partial charge in [0.05, 0.1) is 17.3 Å². The van der Waals surface area contributed by atoms with Crippen LogP contribution in [0.1, 0.15) is 44.2 Å². The molecule has 1 heterocycles. The number of hydrogen-bond acceptors (Lipinski definition) is 2. The molecule has 8 heteroatoms. The van der Waals surface area contributed by atoms with Crippen LogP contribution in [0.5, 0.6) is 0 Å². The number of nitriles is 1. The molecule has 1 unspecified atom stereocenters. The maximum Gasteiger partial charge on any atom is 0.232 e. The molecule has 1 aliphatic heterocycles. The number of alkyl halides is 6. The van der Waals surface area contributed by atoms with E-state index < -0.39 is 7.59 Å². The van der Waals surface area contributed by atoms with Crippen molar-refractivity contribution in [1.82, 2.24) is 0 Å². The fourth-order valence-corrected chi connectivity index (χ4v) is 4.37. The Labute approximate surface area is 195 Å². The summed E-state index contributed by atoms with van der Waals surface area (Å²) in [6.45, 7) is 3.93. The Morgan fingerprint density at radius 3 is 2.11 bits per heavy atom. The first-order valence-electron chi connectivity index (χ1n) is 8.61. The number of halogens is 6. The Hall–Kier alpha value is -0.400. The highest BCUT2D eigenvalue weighted by molar-refractivity contribution is 6.70. The van der Waals surface area contributed by atoms with Crippen LogP contribution in [0.4, 0.5) is 0 Å². The Bertz CT molecular complexity index is 849. The van der Waals surface area contributed by atoms with Crippen LogP contribution in [-0.4, -0.2) is 13.3 Å². The van der Waals surface area contributed by atoms with E-state index in [9.17, 15) is 0 Å². The second kappa shape index (κ2) is 9.61. The molecule has 0 amide bonds. The van der Waals surface area contributed by atoms with Crippen molar-refractivity contribution in [2.24, 2.45) is 10.9 Å². The summed E-state index contributed by atoms with van der Waals surface area (Å²) >= 11 is 37.5. The van der Waals surface area contributed by atoms with Gasteiger partial charge in [-0.1, -0.05) is 100 Å². The molecule has 0 aliphatic carbocycles. The molecule has 0 radical (unpaired) electrons. The van der Waals surface area contributed by atoms with Crippen LogP contribution in [0.3, 0.4) is 0 Å². The first kappa shape index (κ1) is 23.9. The fourth-order valence-electron chi connectivity index (χ4n) is 3.15. The van der Waals surface area contributed by atoms with E-state index in [0.717, 1.165) is 16.8 Å². The molecule has 0 bridgehead atoms. The van der Waals surface area contributed by atoms with Gasteiger partial charge in [-0.3, -0.25) is 4.99 Å². The normalized spacial score (nSPS) is 21.0. The molecular formula is C20H18Cl6N2. The molecule has 2 rings (SSSR count). The average Bonchev–Trinajstić information content (AvgIpc) is 2.68. The zero-order valence-electron chi connectivity index (χ0n) is 15.2. The largest absolute Gasteiger partial charge is 0.253 e. The van der Waals surface area contributed by atoms with Crippen LogP contribution in [0.15, 0.2) is 52.2 Å². The van der Waals surface area contributed by atoms with Gasteiger partial charge in [-0.05, 0) is 49.5 Å². The summed E-state index contributed by atoms with van der Waals surface area (Å²) in [7, 11) is 0. The zero-order valence-corrected chi connectivity index (χ0v) is 19.8. The molecule has 1 aromatic carbocycles. The van der Waals surface area contributed by atoms with E-state index in [1.165, 1.54) is 0 Å². The van der Waals surface area contributed by atoms with Crippen LogP contribution >= 0.6 is 69.6 Å². The number of rotatable bonds is 2. The molecule has 0 N–H and O–H groups in total. The molecule has 0 saturated carbocycles. The van der Waals surface area contributed by atoms with Crippen molar-refractivity contribution < 1.29 is 0 Å². The molecular weight excluding hydrogens is 481 g/mol. The third-order valence-corrected chi connectivity index (χ3v) is 5.76. The van der Waals surface area contributed by atoms with Crippen molar-refractivity contribution in [2.75, 3.05) is 0 Å². The van der Waals surface area contributed by atoms with E-state index in [1.54, 1.807) is 18.2 Å². The minimum atomic E-state index is -1.73. The predicted octanol–water partition coefficient (Wildman–Crippen LogP) is 8.11. The summed E-state index contributed by atoms with van der Waals surface area (Å²) < 4.78 is -3.30. The predicted molar refractivity (Wildman–Crippen MR) is 122 cm³/mol. The van der Waals surface area contributed by atoms with E-state index in [1.807, 2.05) is 26.0 Å². The Morgan fingerprint density at radius 2 is 1.64 bits per heavy atom. The van der Waals surface area contributed by atoms with Crippen molar-refractivity contribution in [3.05, 3.63) is 58.3 Å². The van der Waals surface area contributed by atoms with E-state index in [2.05, 4.69) is 11.1 Å². The van der Waals surface area contributed by atoms with Gasteiger partial charge in [-0.15, -0.1) is 0 Å². The molecule has 0 saturated heterocycles. The van der Waals surface area contributed by atoms with Gasteiger partial charge in [0, 0.05) is 11.6 Å². The minimum Gasteiger partial charge on any atom is -0.253 e. The van der Waals surface area contributed by atoms with E-state index >= 15 is 0 Å². The fraction of sp³-hybridized carbons (Fsp3) is 0.400. The smallest absolute Gasteiger partial charge is 0.232 e. The number of hydrogen-bond donors (Lipinski definition) is 0. The monoisotopic (exact) mass is 496 g/mol. The first-order valence-corrected chi connectivity index (χ1v) is 10.9. The van der Waals surface area contributed by atoms with Crippen molar-refractivity contribution in [2.45, 2.75) is 40.7 Å². The SMILES string of the molecule is CCC1/C=C(/C(Cl)(Cl)Cl)N=C(c2ccc(C#N)cc2)CCC(C)=C1C(Cl)(Cl)Cl. The topological polar surface area (TPSA) is 36.1 Å². The minimum absolute atomic E-state index is 0.234. The van der Waals surface area contributed by atoms with Crippen molar-refractivity contribution in [3.63, 3.8) is 0 Å². The molecule has 0 fully saturated rings. The van der Waals surface area contributed by atoms with E-state index in [0.29, 0.717) is 30.4 Å². The lowest BCUT2D eigenvalue weighted by atomic mass is 9.90. The molecule has 2 nitrogen and oxygen atoms in total. The summed E-state index contributed by atoms with van der Waals surface area (Å²) in [5, 5.41) is 9.02. The Morgan fingerprint density at radius 1 is 1.04 bits per heavy atom. The van der Waals surface area contributed by atoms with Crippen molar-refractivity contribution >= 4 is 75.3 Å². The van der Waals surface area contributed by atoms with Gasteiger partial charge in [0.1, 0.15) is 0 Å². The van der Waals surface area contributed by atoms with Crippen LogP contribution in [-0.2, 0) is 0 Å². The Kier molecular flexibility index (Phi) is 8.19. The van der Waals surface area contributed by atoms with Gasteiger partial charge in [0.2, 0.25) is 7.59 Å². The van der Waals surface area contributed by atoms with Gasteiger partial charge in [0.15, 0.2) is 0 Å². The number of aliphatic imine (C=N–C) groups is 1. The Balaban J connectivity index is 2.66. The highest BCUT2D eigenvalue weighted by atomic mass is 35.6. The lowest BCUT2D eigenvalue weighted by molar-refractivity contribution is 0.689. The summed E-state index contributed by atoms with van der Waals surface area (Å²) in [4.78, 5) is 4.68. The third kappa shape index (κ3) is 6.05. The lowest BCUT2D eigenvalue weighted by Gasteiger charge is -2.26. The highest BCUT2D eigenvalue weighted by Gasteiger charge is 2.35. The summed E-state index contributed by atoms with van der Waals surface area (Å²) in [6, 6.07) is 9.22. The van der Waals surface area contributed by atoms with Gasteiger partial charge < -0.3 is 0 Å². The third-order valence-electron chi connectivity index (χ3n) is 4.56. The molecule has 0 spiro atoms. The highest BCUT2D eigenvalue weighted by Crippen LogP contribution is 2.46. The quantitative estimate of drug-likeness (QED) is 0.299. The van der Waals surface area contributed by atoms with E-state index in [-0.39, 0.29) is 11.6 Å². The average molecular weight is 499 g/mol. The number of benzene rings is 1. The zero-order chi connectivity index (χ0) is 21.1. The molecule has 1 aromatic rings. The molecule has 0 aromatic heterocycles.